The molecular formula is C24H29N3O2. The molecule has 1 saturated heterocycles. The summed E-state index contributed by atoms with van der Waals surface area (Å²) < 4.78 is 5.59. The van der Waals surface area contributed by atoms with Crippen LogP contribution >= 0.6 is 0 Å². The fourth-order valence-corrected chi connectivity index (χ4v) is 3.98. The summed E-state index contributed by atoms with van der Waals surface area (Å²) in [6.07, 6.45) is 1.20. The highest BCUT2D eigenvalue weighted by Crippen LogP contribution is 2.31. The van der Waals surface area contributed by atoms with E-state index in [1.54, 1.807) is 0 Å². The zero-order chi connectivity index (χ0) is 20.1. The molecule has 5 heteroatoms. The van der Waals surface area contributed by atoms with E-state index in [2.05, 4.69) is 53.1 Å². The van der Waals surface area contributed by atoms with Gasteiger partial charge in [-0.3, -0.25) is 4.90 Å². The number of benzene rings is 2. The van der Waals surface area contributed by atoms with Gasteiger partial charge in [-0.25, -0.2) is 4.98 Å². The average molecular weight is 392 g/mol. The minimum atomic E-state index is 0.00656. The summed E-state index contributed by atoms with van der Waals surface area (Å²) in [5, 5.41) is 11.4. The molecule has 0 saturated carbocycles. The lowest BCUT2D eigenvalue weighted by atomic mass is 10.1. The molecule has 0 atom stereocenters. The number of nitrogens with zero attached hydrogens (tertiary/aromatic N) is 3. The highest BCUT2D eigenvalue weighted by molar-refractivity contribution is 5.95. The van der Waals surface area contributed by atoms with Crippen LogP contribution in [0.25, 0.3) is 22.0 Å². The van der Waals surface area contributed by atoms with Crippen molar-refractivity contribution >= 4 is 16.6 Å². The third-order valence-corrected chi connectivity index (χ3v) is 5.42. The number of aromatic nitrogens is 1. The van der Waals surface area contributed by atoms with Gasteiger partial charge in [0, 0.05) is 37.1 Å². The van der Waals surface area contributed by atoms with Crippen molar-refractivity contribution in [3.05, 3.63) is 54.6 Å². The van der Waals surface area contributed by atoms with Gasteiger partial charge < -0.3 is 14.7 Å². The van der Waals surface area contributed by atoms with E-state index in [-0.39, 0.29) is 6.61 Å². The lowest BCUT2D eigenvalue weighted by molar-refractivity contribution is 0.201. The fourth-order valence-electron chi connectivity index (χ4n) is 3.98. The highest BCUT2D eigenvalue weighted by atomic mass is 16.5. The summed E-state index contributed by atoms with van der Waals surface area (Å²) in [5.74, 6) is 1.82. The van der Waals surface area contributed by atoms with Gasteiger partial charge in [0.25, 0.3) is 0 Å². The van der Waals surface area contributed by atoms with Crippen LogP contribution < -0.4 is 9.64 Å². The van der Waals surface area contributed by atoms with Gasteiger partial charge in [-0.15, -0.1) is 0 Å². The Hall–Kier alpha value is -2.63. The SMILES string of the molecule is CCCN1CCN(c2nc(-c3cccc(OCCO)c3)cc3ccccc23)CC1. The monoisotopic (exact) mass is 391 g/mol. The van der Waals surface area contributed by atoms with Crippen molar-refractivity contribution in [3.63, 3.8) is 0 Å². The van der Waals surface area contributed by atoms with Crippen LogP contribution in [-0.2, 0) is 0 Å². The van der Waals surface area contributed by atoms with Crippen LogP contribution in [0.15, 0.2) is 54.6 Å². The topological polar surface area (TPSA) is 48.8 Å². The van der Waals surface area contributed by atoms with Crippen LogP contribution in [0.5, 0.6) is 5.75 Å². The first-order valence-electron chi connectivity index (χ1n) is 10.5. The van der Waals surface area contributed by atoms with Crippen molar-refractivity contribution in [2.45, 2.75) is 13.3 Å². The maximum absolute atomic E-state index is 9.02. The zero-order valence-corrected chi connectivity index (χ0v) is 17.1. The van der Waals surface area contributed by atoms with Gasteiger partial charge in [0.2, 0.25) is 0 Å². The van der Waals surface area contributed by atoms with E-state index < -0.39 is 0 Å². The molecule has 2 aromatic carbocycles. The molecule has 4 rings (SSSR count). The van der Waals surface area contributed by atoms with Crippen LogP contribution in [0.3, 0.4) is 0 Å². The van der Waals surface area contributed by atoms with E-state index in [1.165, 1.54) is 23.7 Å². The molecule has 0 aliphatic carbocycles. The number of aliphatic hydroxyl groups excluding tert-OH is 1. The molecule has 0 radical (unpaired) electrons. The molecule has 1 aliphatic rings. The van der Waals surface area contributed by atoms with E-state index in [9.17, 15) is 0 Å². The first-order valence-corrected chi connectivity index (χ1v) is 10.5. The van der Waals surface area contributed by atoms with E-state index in [0.717, 1.165) is 49.0 Å². The third-order valence-electron chi connectivity index (χ3n) is 5.42. The molecule has 1 aliphatic heterocycles. The van der Waals surface area contributed by atoms with E-state index >= 15 is 0 Å². The standard InChI is InChI=1S/C24H29N3O2/c1-2-10-26-11-13-27(14-12-26)24-22-9-4-3-6-19(22)18-23(25-24)20-7-5-8-21(17-20)29-16-15-28/h3-9,17-18,28H,2,10-16H2,1H3. The maximum atomic E-state index is 9.02. The number of pyridine rings is 1. The molecule has 1 fully saturated rings. The molecule has 0 unspecified atom stereocenters. The number of fused-ring (bicyclic) bond motifs is 1. The van der Waals surface area contributed by atoms with Gasteiger partial charge >= 0.3 is 0 Å². The Balaban J connectivity index is 1.68. The van der Waals surface area contributed by atoms with Crippen molar-refractivity contribution in [1.82, 2.24) is 9.88 Å². The van der Waals surface area contributed by atoms with Gasteiger partial charge in [-0.05, 0) is 36.6 Å². The number of anilines is 1. The Morgan fingerprint density at radius 2 is 1.83 bits per heavy atom. The quantitative estimate of drug-likeness (QED) is 0.664. The first-order chi connectivity index (χ1) is 14.3. The molecule has 0 bridgehead atoms. The van der Waals surface area contributed by atoms with Gasteiger partial charge in [0.05, 0.1) is 12.3 Å². The molecule has 2 heterocycles. The van der Waals surface area contributed by atoms with Gasteiger partial charge in [0.1, 0.15) is 18.2 Å². The van der Waals surface area contributed by atoms with Crippen molar-refractivity contribution in [3.8, 4) is 17.0 Å². The second kappa shape index (κ2) is 9.25. The lowest BCUT2D eigenvalue weighted by Gasteiger charge is -2.36. The summed E-state index contributed by atoms with van der Waals surface area (Å²) in [6, 6.07) is 18.6. The molecule has 152 valence electrons. The first kappa shape index (κ1) is 19.7. The number of rotatable bonds is 7. The predicted octanol–water partition coefficient (Wildman–Crippen LogP) is 3.80. The Morgan fingerprint density at radius 3 is 2.62 bits per heavy atom. The Kier molecular flexibility index (Phi) is 6.27. The summed E-state index contributed by atoms with van der Waals surface area (Å²) in [7, 11) is 0. The number of hydrogen-bond donors (Lipinski definition) is 1. The smallest absolute Gasteiger partial charge is 0.137 e. The van der Waals surface area contributed by atoms with Gasteiger partial charge in [-0.1, -0.05) is 43.3 Å². The van der Waals surface area contributed by atoms with E-state index in [1.807, 2.05) is 18.2 Å². The Labute approximate surface area is 172 Å². The molecule has 0 amide bonds. The summed E-state index contributed by atoms with van der Waals surface area (Å²) in [6.45, 7) is 7.87. The molecule has 1 aromatic heterocycles. The van der Waals surface area contributed by atoms with Gasteiger partial charge in [0.15, 0.2) is 0 Å². The van der Waals surface area contributed by atoms with Crippen molar-refractivity contribution in [2.75, 3.05) is 50.8 Å². The van der Waals surface area contributed by atoms with Crippen LogP contribution in [0, 0.1) is 0 Å². The Bertz CT molecular complexity index is 952. The van der Waals surface area contributed by atoms with E-state index in [4.69, 9.17) is 14.8 Å². The summed E-state index contributed by atoms with van der Waals surface area (Å²) in [5.41, 5.74) is 1.97. The predicted molar refractivity (Wildman–Crippen MR) is 119 cm³/mol. The molecule has 5 nitrogen and oxygen atoms in total. The minimum absolute atomic E-state index is 0.00656. The zero-order valence-electron chi connectivity index (χ0n) is 17.1. The molecule has 3 aromatic rings. The fraction of sp³-hybridized carbons (Fsp3) is 0.375. The largest absolute Gasteiger partial charge is 0.491 e. The molecule has 1 N–H and O–H groups in total. The summed E-state index contributed by atoms with van der Waals surface area (Å²) in [4.78, 5) is 10.0. The number of aliphatic hydroxyl groups is 1. The molecular weight excluding hydrogens is 362 g/mol. The normalized spacial score (nSPS) is 15.0. The van der Waals surface area contributed by atoms with Crippen LogP contribution in [0.2, 0.25) is 0 Å². The van der Waals surface area contributed by atoms with Crippen molar-refractivity contribution < 1.29 is 9.84 Å². The van der Waals surface area contributed by atoms with Crippen LogP contribution in [-0.4, -0.2) is 60.9 Å². The molecule has 0 spiro atoms. The average Bonchev–Trinajstić information content (AvgIpc) is 2.78. The minimum Gasteiger partial charge on any atom is -0.491 e. The van der Waals surface area contributed by atoms with E-state index in [0.29, 0.717) is 6.61 Å². The molecule has 29 heavy (non-hydrogen) atoms. The second-order valence-corrected chi connectivity index (χ2v) is 7.48. The maximum Gasteiger partial charge on any atom is 0.137 e. The van der Waals surface area contributed by atoms with Crippen molar-refractivity contribution in [2.24, 2.45) is 0 Å². The number of hydrogen-bond acceptors (Lipinski definition) is 5. The van der Waals surface area contributed by atoms with Crippen LogP contribution in [0.1, 0.15) is 13.3 Å². The van der Waals surface area contributed by atoms with Gasteiger partial charge in [-0.2, -0.15) is 0 Å². The lowest BCUT2D eigenvalue weighted by Crippen LogP contribution is -2.46. The third kappa shape index (κ3) is 4.52. The Morgan fingerprint density at radius 1 is 1.00 bits per heavy atom. The second-order valence-electron chi connectivity index (χ2n) is 7.48. The summed E-state index contributed by atoms with van der Waals surface area (Å²) >= 11 is 0. The number of ether oxygens (including phenoxy) is 1. The van der Waals surface area contributed by atoms with Crippen molar-refractivity contribution in [1.29, 1.82) is 0 Å². The number of piperazine rings is 1. The van der Waals surface area contributed by atoms with Crippen LogP contribution in [0.4, 0.5) is 5.82 Å². The highest BCUT2D eigenvalue weighted by Gasteiger charge is 2.20.